The molecule has 0 radical (unpaired) electrons. The molecule has 1 aliphatic carbocycles. The zero-order chi connectivity index (χ0) is 16.9. The van der Waals surface area contributed by atoms with Crippen molar-refractivity contribution in [3.05, 3.63) is 29.5 Å². The second kappa shape index (κ2) is 5.53. The van der Waals surface area contributed by atoms with Gasteiger partial charge in [-0.2, -0.15) is 0 Å². The molecule has 2 aliphatic rings. The van der Waals surface area contributed by atoms with Crippen LogP contribution in [0.15, 0.2) is 24.5 Å². The first-order chi connectivity index (χ1) is 11.4. The summed E-state index contributed by atoms with van der Waals surface area (Å²) >= 11 is 6.20. The molecule has 2 atom stereocenters. The third-order valence-corrected chi connectivity index (χ3v) is 5.73. The second-order valence-corrected chi connectivity index (χ2v) is 7.60. The number of benzene rings is 1. The van der Waals surface area contributed by atoms with Gasteiger partial charge in [0.2, 0.25) is 5.91 Å². The molecule has 0 bridgehead atoms. The molecule has 1 amide bonds. The summed E-state index contributed by atoms with van der Waals surface area (Å²) in [5.74, 6) is 1.42. The van der Waals surface area contributed by atoms with Crippen LogP contribution in [0.1, 0.15) is 13.8 Å². The summed E-state index contributed by atoms with van der Waals surface area (Å²) in [6.45, 7) is 7.02. The normalized spacial score (nSPS) is 24.6. The molecule has 0 unspecified atom stereocenters. The highest BCUT2D eigenvalue weighted by molar-refractivity contribution is 6.33. The molecule has 1 N–H and O–H groups in total. The maximum Gasteiger partial charge on any atom is 0.238 e. The number of aromatic nitrogens is 4. The number of likely N-dealkylation sites (tertiary alicyclic amines) is 1. The summed E-state index contributed by atoms with van der Waals surface area (Å²) in [7, 11) is 0. The minimum atomic E-state index is -0.0510. The molecule has 2 heterocycles. The second-order valence-electron chi connectivity index (χ2n) is 7.20. The maximum absolute atomic E-state index is 12.3. The molecule has 2 aromatic rings. The van der Waals surface area contributed by atoms with E-state index in [1.54, 1.807) is 18.2 Å². The summed E-state index contributed by atoms with van der Waals surface area (Å²) in [6, 6.07) is 5.29. The fourth-order valence-corrected chi connectivity index (χ4v) is 3.93. The Bertz CT molecular complexity index is 761. The molecule has 1 aromatic heterocycles. The lowest BCUT2D eigenvalue weighted by Gasteiger charge is -2.21. The average molecular weight is 347 g/mol. The average Bonchev–Trinajstić information content (AvgIpc) is 3.03. The Morgan fingerprint density at radius 3 is 2.79 bits per heavy atom. The number of nitrogens with one attached hydrogen (secondary N) is 1. The first-order valence-electron chi connectivity index (χ1n) is 8.00. The molecule has 1 saturated carbocycles. The van der Waals surface area contributed by atoms with Crippen LogP contribution in [0, 0.1) is 17.3 Å². The zero-order valence-corrected chi connectivity index (χ0v) is 14.4. The molecule has 2 fully saturated rings. The van der Waals surface area contributed by atoms with E-state index in [0.29, 0.717) is 22.7 Å². The van der Waals surface area contributed by atoms with Gasteiger partial charge in [-0.25, -0.2) is 4.68 Å². The van der Waals surface area contributed by atoms with Crippen molar-refractivity contribution in [3.8, 4) is 5.69 Å². The van der Waals surface area contributed by atoms with Crippen molar-refractivity contribution in [2.45, 2.75) is 13.8 Å². The number of piperidine rings is 1. The van der Waals surface area contributed by atoms with Crippen LogP contribution in [0.5, 0.6) is 0 Å². The minimum absolute atomic E-state index is 0.0510. The van der Waals surface area contributed by atoms with E-state index >= 15 is 0 Å². The first-order valence-corrected chi connectivity index (χ1v) is 8.38. The van der Waals surface area contributed by atoms with Crippen LogP contribution in [0.4, 0.5) is 5.69 Å². The van der Waals surface area contributed by atoms with Gasteiger partial charge in [0.05, 0.1) is 22.9 Å². The van der Waals surface area contributed by atoms with Gasteiger partial charge < -0.3 is 5.32 Å². The maximum atomic E-state index is 12.3. The molecule has 1 aromatic carbocycles. The van der Waals surface area contributed by atoms with Crippen LogP contribution in [-0.4, -0.2) is 50.6 Å². The Kier molecular flexibility index (Phi) is 3.58. The number of carbonyl (C=O) groups is 1. The van der Waals surface area contributed by atoms with Gasteiger partial charge >= 0.3 is 0 Å². The van der Waals surface area contributed by atoms with Crippen molar-refractivity contribution in [2.24, 2.45) is 17.3 Å². The van der Waals surface area contributed by atoms with E-state index in [-0.39, 0.29) is 5.91 Å². The Labute approximate surface area is 145 Å². The smallest absolute Gasteiger partial charge is 0.238 e. The highest BCUT2D eigenvalue weighted by atomic mass is 35.5. The predicted molar refractivity (Wildman–Crippen MR) is 90.0 cm³/mol. The van der Waals surface area contributed by atoms with Gasteiger partial charge in [0.15, 0.2) is 0 Å². The lowest BCUT2D eigenvalue weighted by molar-refractivity contribution is -0.117. The van der Waals surface area contributed by atoms with Gasteiger partial charge in [-0.3, -0.25) is 9.69 Å². The number of halogens is 1. The standard InChI is InChI=1S/C16H19ClN6O/c1-16(2)11-6-22(7-12(11)16)8-15(24)19-14-5-10(3-4-13(14)17)23-9-18-20-21-23/h3-5,9,11-12H,6-8H2,1-2H3,(H,19,24)/t11-,12-/m0/s1. The molecule has 0 spiro atoms. The SMILES string of the molecule is CC1(C)[C@H]2CN(CC(=O)Nc3cc(-n4cnnn4)ccc3Cl)C[C@@H]21. The minimum Gasteiger partial charge on any atom is -0.324 e. The van der Waals surface area contributed by atoms with E-state index in [2.05, 4.69) is 39.6 Å². The van der Waals surface area contributed by atoms with E-state index < -0.39 is 0 Å². The number of anilines is 1. The van der Waals surface area contributed by atoms with Crippen molar-refractivity contribution in [1.82, 2.24) is 25.1 Å². The van der Waals surface area contributed by atoms with E-state index in [1.807, 2.05) is 0 Å². The largest absolute Gasteiger partial charge is 0.324 e. The Balaban J connectivity index is 1.40. The molecule has 1 aliphatic heterocycles. The summed E-state index contributed by atoms with van der Waals surface area (Å²) in [6.07, 6.45) is 1.49. The van der Waals surface area contributed by atoms with Gasteiger partial charge in [0, 0.05) is 13.1 Å². The van der Waals surface area contributed by atoms with Crippen molar-refractivity contribution in [2.75, 3.05) is 25.0 Å². The Morgan fingerprint density at radius 2 is 2.12 bits per heavy atom. The summed E-state index contributed by atoms with van der Waals surface area (Å²) in [5, 5.41) is 14.4. The molecule has 24 heavy (non-hydrogen) atoms. The van der Waals surface area contributed by atoms with E-state index in [1.165, 1.54) is 11.0 Å². The topological polar surface area (TPSA) is 75.9 Å². The van der Waals surface area contributed by atoms with Crippen LogP contribution in [0.25, 0.3) is 5.69 Å². The van der Waals surface area contributed by atoms with Gasteiger partial charge in [0.25, 0.3) is 0 Å². The first kappa shape index (κ1) is 15.5. The number of hydrogen-bond acceptors (Lipinski definition) is 5. The number of carbonyl (C=O) groups excluding carboxylic acids is 1. The highest BCUT2D eigenvalue weighted by Crippen LogP contribution is 2.61. The molecular formula is C16H19ClN6O. The lowest BCUT2D eigenvalue weighted by Crippen LogP contribution is -2.34. The zero-order valence-electron chi connectivity index (χ0n) is 13.6. The molecule has 126 valence electrons. The van der Waals surface area contributed by atoms with Crippen molar-refractivity contribution in [1.29, 1.82) is 0 Å². The van der Waals surface area contributed by atoms with Crippen LogP contribution in [0.3, 0.4) is 0 Å². The van der Waals surface area contributed by atoms with Crippen LogP contribution in [-0.2, 0) is 4.79 Å². The van der Waals surface area contributed by atoms with Gasteiger partial charge in [0.1, 0.15) is 6.33 Å². The third kappa shape index (κ3) is 2.67. The number of hydrogen-bond donors (Lipinski definition) is 1. The van der Waals surface area contributed by atoms with E-state index in [0.717, 1.165) is 30.6 Å². The van der Waals surface area contributed by atoms with E-state index in [4.69, 9.17) is 11.6 Å². The van der Waals surface area contributed by atoms with Crippen molar-refractivity contribution < 1.29 is 4.79 Å². The number of amides is 1. The summed E-state index contributed by atoms with van der Waals surface area (Å²) in [4.78, 5) is 14.6. The Hall–Kier alpha value is -1.99. The molecule has 1 saturated heterocycles. The van der Waals surface area contributed by atoms with Gasteiger partial charge in [-0.1, -0.05) is 25.4 Å². The molecule has 8 heteroatoms. The number of fused-ring (bicyclic) bond motifs is 1. The number of rotatable bonds is 4. The Morgan fingerprint density at radius 1 is 1.38 bits per heavy atom. The van der Waals surface area contributed by atoms with Gasteiger partial charge in [-0.05, 0) is 45.9 Å². The fraction of sp³-hybridized carbons (Fsp3) is 0.500. The quantitative estimate of drug-likeness (QED) is 0.914. The van der Waals surface area contributed by atoms with E-state index in [9.17, 15) is 4.79 Å². The summed E-state index contributed by atoms with van der Waals surface area (Å²) in [5.41, 5.74) is 1.76. The number of tetrazole rings is 1. The van der Waals surface area contributed by atoms with Crippen molar-refractivity contribution >= 4 is 23.2 Å². The lowest BCUT2D eigenvalue weighted by atomic mass is 10.1. The van der Waals surface area contributed by atoms with Crippen LogP contribution >= 0.6 is 11.6 Å². The third-order valence-electron chi connectivity index (χ3n) is 5.40. The summed E-state index contributed by atoms with van der Waals surface area (Å²) < 4.78 is 1.52. The van der Waals surface area contributed by atoms with Crippen molar-refractivity contribution in [3.63, 3.8) is 0 Å². The number of nitrogens with zero attached hydrogens (tertiary/aromatic N) is 5. The molecular weight excluding hydrogens is 328 g/mol. The molecule has 7 nitrogen and oxygen atoms in total. The highest BCUT2D eigenvalue weighted by Gasteiger charge is 2.61. The fourth-order valence-electron chi connectivity index (χ4n) is 3.77. The monoisotopic (exact) mass is 346 g/mol. The van der Waals surface area contributed by atoms with Crippen LogP contribution < -0.4 is 5.32 Å². The molecule has 4 rings (SSSR count). The predicted octanol–water partition coefficient (Wildman–Crippen LogP) is 1.84. The van der Waals surface area contributed by atoms with Gasteiger partial charge in [-0.15, -0.1) is 5.10 Å². The van der Waals surface area contributed by atoms with Crippen LogP contribution in [0.2, 0.25) is 5.02 Å².